The van der Waals surface area contributed by atoms with Crippen molar-refractivity contribution in [1.82, 2.24) is 0 Å². The van der Waals surface area contributed by atoms with Gasteiger partial charge in [0.05, 0.1) is 66.1 Å². The lowest BCUT2D eigenvalue weighted by molar-refractivity contribution is -0.383. The van der Waals surface area contributed by atoms with Crippen LogP contribution in [0.3, 0.4) is 0 Å². The summed E-state index contributed by atoms with van der Waals surface area (Å²) in [5.74, 6) is -2.22. The van der Waals surface area contributed by atoms with Crippen molar-refractivity contribution in [3.8, 4) is 0 Å². The van der Waals surface area contributed by atoms with Crippen LogP contribution in [0.1, 0.15) is 0 Å². The van der Waals surface area contributed by atoms with Gasteiger partial charge < -0.3 is 275 Å². The van der Waals surface area contributed by atoms with Gasteiger partial charge in [0.2, 0.25) is 5.79 Å². The van der Waals surface area contributed by atoms with Gasteiger partial charge >= 0.3 is 0 Å². The van der Waals surface area contributed by atoms with E-state index in [0.717, 1.165) is 0 Å². The van der Waals surface area contributed by atoms with Crippen molar-refractivity contribution in [1.29, 1.82) is 0 Å². The third-order valence-electron chi connectivity index (χ3n) is 20.0. The summed E-state index contributed by atoms with van der Waals surface area (Å²) in [7, 11) is 0. The molecular formula is C60H110O55. The van der Waals surface area contributed by atoms with Crippen LogP contribution >= 0.6 is 0 Å². The Morgan fingerprint density at radius 1 is 0.200 bits per heavy atom. The minimum absolute atomic E-state index is 0.468. The van der Waals surface area contributed by atoms with Crippen LogP contribution in [0.15, 0.2) is 0 Å². The number of hydrogen-bond donors (Lipinski definition) is 40. The highest BCUT2D eigenvalue weighted by molar-refractivity contribution is 5.01. The third-order valence-corrected chi connectivity index (χ3v) is 20.0. The quantitative estimate of drug-likeness (QED) is 0.0507. The summed E-state index contributed by atoms with van der Waals surface area (Å²) in [5, 5.41) is 382. The standard InChI is InChI=1S/5C12H22O11/c13-1-4-6(16)8(18)9(19)11(21-4)23-12(3-15)10(20)7(17)5(2-14)22-12;2*13-1-3-5(15)6(16)9(19)12(22-3)23-10-4(2-14)21-11(20)8(18)7(10)17;13-1-3-5(14)8(17)10(19)12(23-3)21-2-4-6(15)7(16)9(18)11(20)22-4;13-1-3-5(15)7(17)9(19)11(21-3)23-12-10(20)8(18)6(16)4(2-14)22-12/h4-11,13-20H,1-3H2;4*3-20H,1-2H2/t4-,5-,6-,7-,8+,9-,10+,11-,12+;3-,4-,5+,6+,7-,8-,9-,10-,11+,12+;3-,4-,5-,6+,7-,8-,9-,10-,11?,12-;3-,4-,5-,6-,7+,8+,9-,10-,11?,12+;3-,4-,5-,6-,7+,8+,9-,10-,11-,12-/m11111/s1. The van der Waals surface area contributed by atoms with E-state index in [1.54, 1.807) is 0 Å². The zero-order valence-corrected chi connectivity index (χ0v) is 60.0. The summed E-state index contributed by atoms with van der Waals surface area (Å²) >= 11 is 0. The fourth-order valence-electron chi connectivity index (χ4n) is 12.7. The van der Waals surface area contributed by atoms with Gasteiger partial charge in [-0.05, 0) is 0 Å². The van der Waals surface area contributed by atoms with Crippen LogP contribution in [0.25, 0.3) is 0 Å². The molecule has 10 heterocycles. The molecule has 0 aromatic rings. The largest absolute Gasteiger partial charge is 0.394 e. The lowest BCUT2D eigenvalue weighted by atomic mass is 9.97. The molecular weight excluding hydrogens is 1600 g/mol. The molecule has 0 spiro atoms. The second kappa shape index (κ2) is 45.4. The van der Waals surface area contributed by atoms with Crippen LogP contribution in [0, 0.1) is 0 Å². The minimum Gasteiger partial charge on any atom is -0.394 e. The van der Waals surface area contributed by atoms with Gasteiger partial charge in [-0.25, -0.2) is 0 Å². The van der Waals surface area contributed by atoms with Crippen molar-refractivity contribution in [2.75, 3.05) is 72.7 Å². The van der Waals surface area contributed by atoms with Gasteiger partial charge in [0, 0.05) is 0 Å². The van der Waals surface area contributed by atoms with E-state index < -0.39 is 373 Å². The molecule has 0 aliphatic carbocycles. The predicted molar refractivity (Wildman–Crippen MR) is 343 cm³/mol. The zero-order valence-electron chi connectivity index (χ0n) is 60.0. The molecule has 2 unspecified atom stereocenters. The van der Waals surface area contributed by atoms with Gasteiger partial charge in [0.25, 0.3) is 0 Å². The van der Waals surface area contributed by atoms with Crippen molar-refractivity contribution in [2.45, 2.75) is 300 Å². The van der Waals surface area contributed by atoms with Gasteiger partial charge in [-0.2, -0.15) is 0 Å². The first-order chi connectivity index (χ1) is 54.0. The Balaban J connectivity index is 0.000000224. The first kappa shape index (κ1) is 102. The van der Waals surface area contributed by atoms with Crippen molar-refractivity contribution < 1.29 is 275 Å². The summed E-state index contributed by atoms with van der Waals surface area (Å²) in [5.41, 5.74) is 0. The monoisotopic (exact) mass is 1710 g/mol. The summed E-state index contributed by atoms with van der Waals surface area (Å²) in [6.07, 6.45) is -74.7. The van der Waals surface area contributed by atoms with Crippen LogP contribution in [0.5, 0.6) is 0 Å². The average Bonchev–Trinajstić information content (AvgIpc) is 1.69. The lowest BCUT2D eigenvalue weighted by Crippen LogP contribution is -2.64. The normalized spacial score (nSPS) is 51.5. The summed E-state index contributed by atoms with van der Waals surface area (Å²) in [4.78, 5) is 0. The van der Waals surface area contributed by atoms with E-state index in [1.807, 2.05) is 0 Å². The van der Waals surface area contributed by atoms with E-state index in [-0.39, 0.29) is 0 Å². The molecule has 0 aromatic heterocycles. The Morgan fingerprint density at radius 3 is 0.722 bits per heavy atom. The Kier molecular flexibility index (Phi) is 40.1. The number of aliphatic hydroxyl groups excluding tert-OH is 40. The highest BCUT2D eigenvalue weighted by atomic mass is 16.8. The minimum atomic E-state index is -2.22. The summed E-state index contributed by atoms with van der Waals surface area (Å²) in [6, 6.07) is 0. The average molecular weight is 1710 g/mol. The molecule has 0 bridgehead atoms. The number of aliphatic hydroxyl groups is 40. The fourth-order valence-corrected chi connectivity index (χ4v) is 12.7. The molecule has 49 atom stereocenters. The summed E-state index contributed by atoms with van der Waals surface area (Å²) in [6.45, 7) is -7.44. The molecule has 40 N–H and O–H groups in total. The number of hydrogen-bond acceptors (Lipinski definition) is 55. The Morgan fingerprint density at radius 2 is 0.435 bits per heavy atom. The van der Waals surface area contributed by atoms with Crippen molar-refractivity contribution in [3.05, 3.63) is 0 Å². The van der Waals surface area contributed by atoms with Crippen molar-refractivity contribution in [3.63, 3.8) is 0 Å². The van der Waals surface area contributed by atoms with E-state index in [4.69, 9.17) is 107 Å². The Bertz CT molecular complexity index is 2610. The smallest absolute Gasteiger partial charge is 0.224 e. The molecule has 0 aromatic carbocycles. The first-order valence-corrected chi connectivity index (χ1v) is 35.4. The van der Waals surface area contributed by atoms with Gasteiger partial charge in [-0.3, -0.25) is 0 Å². The summed E-state index contributed by atoms with van der Waals surface area (Å²) < 4.78 is 76.4. The number of rotatable bonds is 21. The molecule has 10 aliphatic rings. The highest BCUT2D eigenvalue weighted by Crippen LogP contribution is 2.38. The molecule has 10 saturated heterocycles. The maximum atomic E-state index is 10.00. The highest BCUT2D eigenvalue weighted by Gasteiger charge is 2.60. The molecule has 0 radical (unpaired) electrons. The van der Waals surface area contributed by atoms with Gasteiger partial charge in [0.15, 0.2) is 56.6 Å². The second-order valence-electron chi connectivity index (χ2n) is 27.7. The molecule has 55 heteroatoms. The van der Waals surface area contributed by atoms with E-state index in [2.05, 4.69) is 0 Å². The van der Waals surface area contributed by atoms with Gasteiger partial charge in [0.1, 0.15) is 245 Å². The maximum Gasteiger partial charge on any atom is 0.224 e. The number of ether oxygens (including phenoxy) is 15. The third kappa shape index (κ3) is 23.4. The van der Waals surface area contributed by atoms with E-state index in [1.165, 1.54) is 0 Å². The molecule has 10 fully saturated rings. The van der Waals surface area contributed by atoms with Crippen LogP contribution < -0.4 is 0 Å². The molecule has 55 nitrogen and oxygen atoms in total. The van der Waals surface area contributed by atoms with Crippen LogP contribution in [-0.2, 0) is 71.1 Å². The molecule has 115 heavy (non-hydrogen) atoms. The lowest BCUT2D eigenvalue weighted by Gasteiger charge is -2.45. The first-order valence-electron chi connectivity index (χ1n) is 35.4. The van der Waals surface area contributed by atoms with E-state index >= 15 is 0 Å². The van der Waals surface area contributed by atoms with Crippen LogP contribution in [-0.4, -0.2) is 577 Å². The SMILES string of the molecule is OC[C@H]1O[C@@H](O[C@H]2[C@H](O)[C@@H](O)[C@@H](O)O[C@@H]2CO)[C@H](O)[C@@H](O)[C@H]1O.OC[C@H]1O[C@@](CO)(O[C@H]2O[C@H](CO)[C@@H](O)[C@H](O)[C@H]2O)[C@@H](O)[C@@H]1O.OC[C@H]1O[C@H](OC[C@H]2OC(O)[C@H](O)[C@@H](O)[C@@H]2O)[C@H](O)[C@@H](O)[C@@H]1O.OC[C@H]1O[C@H](O[C@H]2O[C@H](CO)[C@@H](O)[C@H](O)[C@H]2O)[C@H](O)[C@@H](O)[C@@H]1O.OC[C@H]1O[C@H](O[C@H]2[C@H](O)[C@@H](O)C(O)O[C@@H]2CO)[C@H](O)[C@@H](O)[C@@H]1O. The van der Waals surface area contributed by atoms with Crippen LogP contribution in [0.2, 0.25) is 0 Å². The van der Waals surface area contributed by atoms with Crippen LogP contribution in [0.4, 0.5) is 0 Å². The molecule has 0 amide bonds. The molecule has 10 rings (SSSR count). The Hall–Kier alpha value is -2.20. The fraction of sp³-hybridized carbons (Fsp3) is 1.00. The van der Waals surface area contributed by atoms with E-state index in [0.29, 0.717) is 0 Å². The van der Waals surface area contributed by atoms with E-state index in [9.17, 15) is 169 Å². The molecule has 0 saturated carbocycles. The topological polar surface area (TPSA) is 948 Å². The predicted octanol–water partition coefficient (Wildman–Crippen LogP) is -27.0. The van der Waals surface area contributed by atoms with Crippen molar-refractivity contribution >= 4 is 0 Å². The van der Waals surface area contributed by atoms with Gasteiger partial charge in [-0.15, -0.1) is 0 Å². The van der Waals surface area contributed by atoms with Crippen molar-refractivity contribution in [2.24, 2.45) is 0 Å². The Labute approximate surface area is 647 Å². The molecule has 10 aliphatic heterocycles. The van der Waals surface area contributed by atoms with Gasteiger partial charge in [-0.1, -0.05) is 0 Å². The molecule has 680 valence electrons. The zero-order chi connectivity index (χ0) is 86.6. The second-order valence-corrected chi connectivity index (χ2v) is 27.7. The maximum absolute atomic E-state index is 10.00.